The fourth-order valence-electron chi connectivity index (χ4n) is 2.34. The second-order valence-electron chi connectivity index (χ2n) is 4.86. The van der Waals surface area contributed by atoms with E-state index in [1.807, 2.05) is 18.2 Å². The van der Waals surface area contributed by atoms with Gasteiger partial charge < -0.3 is 9.47 Å². The molecule has 0 fully saturated rings. The van der Waals surface area contributed by atoms with Gasteiger partial charge >= 0.3 is 0 Å². The maximum Gasteiger partial charge on any atom is 0.120 e. The van der Waals surface area contributed by atoms with Gasteiger partial charge in [-0.2, -0.15) is 0 Å². The number of allylic oxidation sites excluding steroid dienone is 1. The zero-order chi connectivity index (χ0) is 15.9. The van der Waals surface area contributed by atoms with Crippen LogP contribution in [0.5, 0.6) is 11.5 Å². The van der Waals surface area contributed by atoms with E-state index in [4.69, 9.17) is 9.47 Å². The molecular formula is C19H22O2S. The van der Waals surface area contributed by atoms with Crippen molar-refractivity contribution in [3.8, 4) is 11.5 Å². The second-order valence-corrected chi connectivity index (χ2v) is 5.71. The smallest absolute Gasteiger partial charge is 0.120 e. The average molecular weight is 314 g/mol. The fourth-order valence-corrected chi connectivity index (χ4v) is 2.99. The summed E-state index contributed by atoms with van der Waals surface area (Å²) in [6.45, 7) is 2.18. The highest BCUT2D eigenvalue weighted by atomic mass is 32.2. The Morgan fingerprint density at radius 2 is 1.64 bits per heavy atom. The summed E-state index contributed by atoms with van der Waals surface area (Å²) in [7, 11) is 3.39. The molecule has 0 aliphatic rings. The van der Waals surface area contributed by atoms with Gasteiger partial charge in [0, 0.05) is 4.90 Å². The molecule has 116 valence electrons. The first kappa shape index (κ1) is 16.5. The van der Waals surface area contributed by atoms with E-state index in [0.29, 0.717) is 0 Å². The lowest BCUT2D eigenvalue weighted by molar-refractivity contribution is 0.413. The number of hydrogen-bond acceptors (Lipinski definition) is 3. The van der Waals surface area contributed by atoms with Crippen molar-refractivity contribution >= 4 is 23.4 Å². The number of benzene rings is 2. The van der Waals surface area contributed by atoms with Crippen LogP contribution in [0.3, 0.4) is 0 Å². The van der Waals surface area contributed by atoms with Crippen LogP contribution in [0.4, 0.5) is 0 Å². The Bertz CT molecular complexity index is 645. The lowest BCUT2D eigenvalue weighted by Gasteiger charge is -2.12. The van der Waals surface area contributed by atoms with Gasteiger partial charge in [-0.1, -0.05) is 25.1 Å². The van der Waals surface area contributed by atoms with Crippen molar-refractivity contribution in [1.29, 1.82) is 0 Å². The summed E-state index contributed by atoms with van der Waals surface area (Å²) in [5.41, 5.74) is 3.77. The Balaban J connectivity index is 2.39. The zero-order valence-corrected chi connectivity index (χ0v) is 14.4. The number of rotatable bonds is 6. The molecule has 0 bridgehead atoms. The largest absolute Gasteiger partial charge is 0.497 e. The molecule has 0 saturated heterocycles. The van der Waals surface area contributed by atoms with E-state index in [-0.39, 0.29) is 0 Å². The third-order valence-electron chi connectivity index (χ3n) is 3.59. The van der Waals surface area contributed by atoms with E-state index in [0.717, 1.165) is 17.9 Å². The van der Waals surface area contributed by atoms with E-state index in [2.05, 4.69) is 43.5 Å². The minimum atomic E-state index is 0.879. The second kappa shape index (κ2) is 7.95. The van der Waals surface area contributed by atoms with E-state index in [9.17, 15) is 0 Å². The molecule has 2 nitrogen and oxygen atoms in total. The van der Waals surface area contributed by atoms with Gasteiger partial charge in [0.05, 0.1) is 14.2 Å². The summed E-state index contributed by atoms with van der Waals surface area (Å²) < 4.78 is 10.5. The monoisotopic (exact) mass is 314 g/mol. The summed E-state index contributed by atoms with van der Waals surface area (Å²) >= 11 is 1.74. The molecule has 0 aliphatic carbocycles. The first-order valence-corrected chi connectivity index (χ1v) is 8.51. The number of thioether (sulfide) groups is 1. The topological polar surface area (TPSA) is 18.5 Å². The molecular weight excluding hydrogens is 292 g/mol. The van der Waals surface area contributed by atoms with Gasteiger partial charge in [-0.25, -0.2) is 0 Å². The predicted octanol–water partition coefficient (Wildman–Crippen LogP) is 5.38. The standard InChI is InChI=1S/C19H22O2S/c1-5-15(12-14-6-8-16(20-2)9-7-14)18-11-10-17(21-3)13-19(18)22-4/h6-13H,5H2,1-4H3. The molecule has 2 rings (SSSR count). The van der Waals surface area contributed by atoms with Crippen molar-refractivity contribution in [2.45, 2.75) is 18.2 Å². The molecule has 0 unspecified atom stereocenters. The predicted molar refractivity (Wildman–Crippen MR) is 95.9 cm³/mol. The SMILES string of the molecule is CCC(=Cc1ccc(OC)cc1)c1ccc(OC)cc1SC. The Hall–Kier alpha value is -1.87. The van der Waals surface area contributed by atoms with Crippen LogP contribution in [0.15, 0.2) is 47.4 Å². The van der Waals surface area contributed by atoms with E-state index in [1.54, 1.807) is 26.0 Å². The van der Waals surface area contributed by atoms with Gasteiger partial charge in [-0.05, 0) is 59.7 Å². The lowest BCUT2D eigenvalue weighted by Crippen LogP contribution is -1.90. The first-order chi connectivity index (χ1) is 10.7. The average Bonchev–Trinajstić information content (AvgIpc) is 2.59. The zero-order valence-electron chi connectivity index (χ0n) is 13.6. The van der Waals surface area contributed by atoms with Gasteiger partial charge in [0.2, 0.25) is 0 Å². The minimum absolute atomic E-state index is 0.879. The van der Waals surface area contributed by atoms with Crippen LogP contribution in [-0.2, 0) is 0 Å². The molecule has 0 aromatic heterocycles. The molecule has 0 radical (unpaired) electrons. The fraction of sp³-hybridized carbons (Fsp3) is 0.263. The van der Waals surface area contributed by atoms with Crippen LogP contribution in [-0.4, -0.2) is 20.5 Å². The van der Waals surface area contributed by atoms with E-state index >= 15 is 0 Å². The third-order valence-corrected chi connectivity index (χ3v) is 4.37. The maximum atomic E-state index is 5.32. The van der Waals surface area contributed by atoms with Crippen LogP contribution in [0.1, 0.15) is 24.5 Å². The summed E-state index contributed by atoms with van der Waals surface area (Å²) in [5.74, 6) is 1.78. The van der Waals surface area contributed by atoms with Crippen molar-refractivity contribution < 1.29 is 9.47 Å². The van der Waals surface area contributed by atoms with Crippen molar-refractivity contribution in [3.63, 3.8) is 0 Å². The van der Waals surface area contributed by atoms with Crippen molar-refractivity contribution in [1.82, 2.24) is 0 Å². The summed E-state index contributed by atoms with van der Waals surface area (Å²) in [4.78, 5) is 1.24. The Kier molecular flexibility index (Phi) is 5.96. The highest BCUT2D eigenvalue weighted by molar-refractivity contribution is 7.98. The normalized spacial score (nSPS) is 11.4. The molecule has 3 heteroatoms. The minimum Gasteiger partial charge on any atom is -0.497 e. The van der Waals surface area contributed by atoms with E-state index < -0.39 is 0 Å². The van der Waals surface area contributed by atoms with Crippen molar-refractivity contribution in [2.75, 3.05) is 20.5 Å². The molecule has 0 spiro atoms. The first-order valence-electron chi connectivity index (χ1n) is 7.28. The summed E-state index contributed by atoms with van der Waals surface area (Å²) in [6.07, 6.45) is 5.31. The maximum absolute atomic E-state index is 5.32. The van der Waals surface area contributed by atoms with Crippen molar-refractivity contribution in [3.05, 3.63) is 53.6 Å². The molecule has 0 N–H and O–H groups in total. The molecule has 0 saturated carbocycles. The van der Waals surface area contributed by atoms with Crippen molar-refractivity contribution in [2.24, 2.45) is 0 Å². The van der Waals surface area contributed by atoms with Gasteiger partial charge in [0.25, 0.3) is 0 Å². The number of hydrogen-bond donors (Lipinski definition) is 0. The van der Waals surface area contributed by atoms with Crippen LogP contribution in [0.2, 0.25) is 0 Å². The Labute approximate surface area is 137 Å². The molecule has 22 heavy (non-hydrogen) atoms. The van der Waals surface area contributed by atoms with Crippen LogP contribution < -0.4 is 9.47 Å². The lowest BCUT2D eigenvalue weighted by atomic mass is 10.0. The van der Waals surface area contributed by atoms with Gasteiger partial charge in [0.1, 0.15) is 11.5 Å². The number of methoxy groups -OCH3 is 2. The molecule has 2 aromatic carbocycles. The third kappa shape index (κ3) is 3.86. The molecule has 2 aromatic rings. The highest BCUT2D eigenvalue weighted by Gasteiger charge is 2.08. The quantitative estimate of drug-likeness (QED) is 0.527. The molecule has 0 heterocycles. The molecule has 0 atom stereocenters. The Morgan fingerprint density at radius 3 is 2.18 bits per heavy atom. The number of ether oxygens (including phenoxy) is 2. The van der Waals surface area contributed by atoms with Crippen LogP contribution >= 0.6 is 11.8 Å². The summed E-state index contributed by atoms with van der Waals surface area (Å²) in [5, 5.41) is 0. The van der Waals surface area contributed by atoms with Crippen LogP contribution in [0.25, 0.3) is 11.6 Å². The van der Waals surface area contributed by atoms with Gasteiger partial charge in [0.15, 0.2) is 0 Å². The van der Waals surface area contributed by atoms with Gasteiger partial charge in [-0.3, -0.25) is 0 Å². The molecule has 0 amide bonds. The summed E-state index contributed by atoms with van der Waals surface area (Å²) in [6, 6.07) is 14.4. The Morgan fingerprint density at radius 1 is 1.00 bits per heavy atom. The van der Waals surface area contributed by atoms with Crippen LogP contribution in [0, 0.1) is 0 Å². The van der Waals surface area contributed by atoms with Gasteiger partial charge in [-0.15, -0.1) is 11.8 Å². The molecule has 0 aliphatic heterocycles. The van der Waals surface area contributed by atoms with E-state index in [1.165, 1.54) is 21.6 Å². The highest BCUT2D eigenvalue weighted by Crippen LogP contribution is 2.33.